The van der Waals surface area contributed by atoms with Crippen LogP contribution in [0.1, 0.15) is 16.7 Å². The lowest BCUT2D eigenvalue weighted by molar-refractivity contribution is 0.153. The van der Waals surface area contributed by atoms with Crippen LogP contribution in [-0.2, 0) is 11.3 Å². The molecule has 2 rings (SSSR count). The molecule has 0 atom stereocenters. The van der Waals surface area contributed by atoms with Crippen LogP contribution >= 0.6 is 23.4 Å². The Labute approximate surface area is 140 Å². The van der Waals surface area contributed by atoms with Gasteiger partial charge < -0.3 is 4.74 Å². The van der Waals surface area contributed by atoms with Crippen molar-refractivity contribution in [2.75, 3.05) is 12.9 Å². The molecule has 0 heterocycles. The summed E-state index contributed by atoms with van der Waals surface area (Å²) in [4.78, 5) is 0. The summed E-state index contributed by atoms with van der Waals surface area (Å²) in [6.45, 7) is 1.06. The molecule has 22 heavy (non-hydrogen) atoms. The first kappa shape index (κ1) is 16.6. The topological polar surface area (TPSA) is 33.0 Å². The van der Waals surface area contributed by atoms with E-state index in [0.29, 0.717) is 18.8 Å². The summed E-state index contributed by atoms with van der Waals surface area (Å²) < 4.78 is 5.80. The average molecular weight is 330 g/mol. The molecule has 112 valence electrons. The molecule has 0 fully saturated rings. The summed E-state index contributed by atoms with van der Waals surface area (Å²) in [5.74, 6) is 0. The molecule has 0 aliphatic carbocycles. The van der Waals surface area contributed by atoms with Crippen molar-refractivity contribution in [2.45, 2.75) is 6.61 Å². The van der Waals surface area contributed by atoms with E-state index in [9.17, 15) is 0 Å². The second-order valence-electron chi connectivity index (χ2n) is 4.69. The number of nitrogens with zero attached hydrogens (tertiary/aromatic N) is 1. The van der Waals surface area contributed by atoms with Gasteiger partial charge in [0.25, 0.3) is 0 Å². The van der Waals surface area contributed by atoms with E-state index >= 15 is 0 Å². The average Bonchev–Trinajstić information content (AvgIpc) is 2.56. The number of rotatable bonds is 6. The highest BCUT2D eigenvalue weighted by molar-refractivity contribution is 8.01. The minimum Gasteiger partial charge on any atom is -0.372 e. The molecule has 0 bridgehead atoms. The van der Waals surface area contributed by atoms with Gasteiger partial charge in [-0.05, 0) is 52.6 Å². The molecule has 0 spiro atoms. The lowest BCUT2D eigenvalue weighted by Gasteiger charge is -2.09. The van der Waals surface area contributed by atoms with Crippen LogP contribution in [0, 0.1) is 11.3 Å². The van der Waals surface area contributed by atoms with Gasteiger partial charge in [0.05, 0.1) is 24.8 Å². The van der Waals surface area contributed by atoms with Gasteiger partial charge in [-0.3, -0.25) is 0 Å². The third-order valence-electron chi connectivity index (χ3n) is 3.08. The summed E-state index contributed by atoms with van der Waals surface area (Å²) in [6.07, 6.45) is 2.02. The van der Waals surface area contributed by atoms with E-state index in [1.807, 2.05) is 54.8 Å². The maximum absolute atomic E-state index is 8.85. The Bertz CT molecular complexity index is 672. The first-order valence-electron chi connectivity index (χ1n) is 6.77. The Morgan fingerprint density at radius 1 is 1.18 bits per heavy atom. The Morgan fingerprint density at radius 2 is 1.86 bits per heavy atom. The van der Waals surface area contributed by atoms with Gasteiger partial charge in [0.2, 0.25) is 0 Å². The van der Waals surface area contributed by atoms with Crippen molar-refractivity contribution < 1.29 is 4.74 Å². The molecule has 0 radical (unpaired) electrons. The molecule has 0 N–H and O–H groups in total. The molecule has 0 saturated carbocycles. The Balaban J connectivity index is 1.98. The zero-order chi connectivity index (χ0) is 15.8. The third-order valence-corrected chi connectivity index (χ3v) is 3.86. The van der Waals surface area contributed by atoms with Crippen molar-refractivity contribution in [1.82, 2.24) is 0 Å². The van der Waals surface area contributed by atoms with Gasteiger partial charge in [-0.2, -0.15) is 5.26 Å². The Hall–Kier alpha value is -1.73. The van der Waals surface area contributed by atoms with Gasteiger partial charge in [-0.15, -0.1) is 11.8 Å². The highest BCUT2D eigenvalue weighted by atomic mass is 35.5. The highest BCUT2D eigenvalue weighted by Gasteiger charge is 2.03. The van der Waals surface area contributed by atoms with E-state index in [0.717, 1.165) is 21.7 Å². The van der Waals surface area contributed by atoms with Crippen LogP contribution in [0.15, 0.2) is 53.9 Å². The second-order valence-corrected chi connectivity index (χ2v) is 5.83. The fourth-order valence-corrected chi connectivity index (χ4v) is 2.56. The van der Waals surface area contributed by atoms with E-state index in [2.05, 4.69) is 11.5 Å². The first-order chi connectivity index (χ1) is 10.7. The fraction of sp³-hybridized carbons (Fsp3) is 0.167. The minimum atomic E-state index is 0.523. The zero-order valence-electron chi connectivity index (χ0n) is 12.3. The molecular weight excluding hydrogens is 314 g/mol. The number of nitriles is 1. The zero-order valence-corrected chi connectivity index (χ0v) is 13.8. The van der Waals surface area contributed by atoms with Gasteiger partial charge in [0, 0.05) is 5.02 Å². The van der Waals surface area contributed by atoms with E-state index in [-0.39, 0.29) is 0 Å². The van der Waals surface area contributed by atoms with E-state index in [1.165, 1.54) is 0 Å². The molecule has 0 aliphatic rings. The van der Waals surface area contributed by atoms with Gasteiger partial charge in [-0.25, -0.2) is 0 Å². The van der Waals surface area contributed by atoms with E-state index in [1.54, 1.807) is 11.8 Å². The van der Waals surface area contributed by atoms with Crippen molar-refractivity contribution in [1.29, 1.82) is 5.26 Å². The molecule has 0 aromatic heterocycles. The van der Waals surface area contributed by atoms with Crippen molar-refractivity contribution in [3.05, 3.63) is 75.7 Å². The van der Waals surface area contributed by atoms with E-state index in [4.69, 9.17) is 21.6 Å². The molecule has 2 aromatic carbocycles. The van der Waals surface area contributed by atoms with Crippen molar-refractivity contribution in [2.24, 2.45) is 0 Å². The van der Waals surface area contributed by atoms with Gasteiger partial charge in [-0.1, -0.05) is 35.9 Å². The summed E-state index contributed by atoms with van der Waals surface area (Å²) in [5, 5.41) is 11.7. The number of halogens is 1. The normalized spacial score (nSPS) is 11.2. The number of benzene rings is 2. The molecule has 0 unspecified atom stereocenters. The number of hydrogen-bond donors (Lipinski definition) is 0. The predicted octanol–water partition coefficient (Wildman–Crippen LogP) is 5.13. The monoisotopic (exact) mass is 329 g/mol. The highest BCUT2D eigenvalue weighted by Crippen LogP contribution is 2.19. The van der Waals surface area contributed by atoms with Crippen LogP contribution in [0.2, 0.25) is 5.02 Å². The van der Waals surface area contributed by atoms with Crippen LogP contribution < -0.4 is 0 Å². The van der Waals surface area contributed by atoms with Crippen molar-refractivity contribution >= 4 is 28.9 Å². The van der Waals surface area contributed by atoms with Crippen LogP contribution in [0.4, 0.5) is 0 Å². The van der Waals surface area contributed by atoms with Gasteiger partial charge in [0.1, 0.15) is 0 Å². The maximum Gasteiger partial charge on any atom is 0.0991 e. The standard InChI is InChI=1S/C18H16ClNOS/c1-22-13-17(16-6-2-14(10-20)3-7-16)12-21-11-15-4-8-18(19)9-5-15/h2-9,13H,11-12H2,1H3/b17-13-. The number of thioether (sulfide) groups is 1. The van der Waals surface area contributed by atoms with Gasteiger partial charge >= 0.3 is 0 Å². The number of hydrogen-bond acceptors (Lipinski definition) is 3. The largest absolute Gasteiger partial charge is 0.372 e. The predicted molar refractivity (Wildman–Crippen MR) is 93.8 cm³/mol. The van der Waals surface area contributed by atoms with Crippen LogP contribution in [-0.4, -0.2) is 12.9 Å². The first-order valence-corrected chi connectivity index (χ1v) is 8.44. The molecular formula is C18H16ClNOS. The van der Waals surface area contributed by atoms with Gasteiger partial charge in [0.15, 0.2) is 0 Å². The smallest absolute Gasteiger partial charge is 0.0991 e. The van der Waals surface area contributed by atoms with Crippen LogP contribution in [0.5, 0.6) is 0 Å². The molecule has 0 aliphatic heterocycles. The minimum absolute atomic E-state index is 0.523. The molecule has 0 saturated heterocycles. The number of ether oxygens (including phenoxy) is 1. The van der Waals surface area contributed by atoms with E-state index < -0.39 is 0 Å². The SMILES string of the molecule is CS/C=C(/COCc1ccc(Cl)cc1)c1ccc(C#N)cc1. The molecule has 4 heteroatoms. The fourth-order valence-electron chi connectivity index (χ4n) is 1.95. The Kier molecular flexibility index (Phi) is 6.54. The van der Waals surface area contributed by atoms with Crippen molar-refractivity contribution in [3.63, 3.8) is 0 Å². The summed E-state index contributed by atoms with van der Waals surface area (Å²) in [5.41, 5.74) is 3.93. The Morgan fingerprint density at radius 3 is 2.45 bits per heavy atom. The second kappa shape index (κ2) is 8.65. The lowest BCUT2D eigenvalue weighted by Crippen LogP contribution is -1.98. The molecule has 0 amide bonds. The molecule has 2 nitrogen and oxygen atoms in total. The summed E-state index contributed by atoms with van der Waals surface area (Å²) in [7, 11) is 0. The van der Waals surface area contributed by atoms with Crippen LogP contribution in [0.3, 0.4) is 0 Å². The van der Waals surface area contributed by atoms with Crippen molar-refractivity contribution in [3.8, 4) is 6.07 Å². The quantitative estimate of drug-likeness (QED) is 0.736. The maximum atomic E-state index is 8.85. The molecule has 2 aromatic rings. The third kappa shape index (κ3) is 4.92. The van der Waals surface area contributed by atoms with Crippen LogP contribution in [0.25, 0.3) is 5.57 Å². The lowest BCUT2D eigenvalue weighted by atomic mass is 10.1. The summed E-state index contributed by atoms with van der Waals surface area (Å²) >= 11 is 7.50. The summed E-state index contributed by atoms with van der Waals surface area (Å²) in [6, 6.07) is 17.3.